The maximum atomic E-state index is 12.9. The van der Waals surface area contributed by atoms with Gasteiger partial charge in [0, 0.05) is 19.8 Å². The minimum Gasteiger partial charge on any atom is -0.490 e. The van der Waals surface area contributed by atoms with Crippen LogP contribution in [0.3, 0.4) is 0 Å². The average molecular weight is 412 g/mol. The van der Waals surface area contributed by atoms with E-state index in [0.717, 1.165) is 19.4 Å². The molecule has 7 nitrogen and oxygen atoms in total. The van der Waals surface area contributed by atoms with E-state index in [1.807, 2.05) is 6.92 Å². The van der Waals surface area contributed by atoms with Gasteiger partial charge in [0.05, 0.1) is 29.5 Å². The van der Waals surface area contributed by atoms with Crippen LogP contribution in [0, 0.1) is 0 Å². The first kappa shape index (κ1) is 21.8. The molecule has 160 valence electrons. The summed E-state index contributed by atoms with van der Waals surface area (Å²) in [5.74, 6) is -0.126. The maximum Gasteiger partial charge on any atom is 0.259 e. The molecule has 2 aromatic rings. The molecule has 30 heavy (non-hydrogen) atoms. The van der Waals surface area contributed by atoms with Crippen LogP contribution in [-0.2, 0) is 9.47 Å². The molecule has 2 aromatic carbocycles. The molecule has 0 spiro atoms. The highest BCUT2D eigenvalue weighted by molar-refractivity contribution is 6.10. The van der Waals surface area contributed by atoms with Gasteiger partial charge >= 0.3 is 0 Å². The molecule has 0 aliphatic carbocycles. The predicted molar refractivity (Wildman–Crippen MR) is 114 cm³/mol. The number of hydrogen-bond acceptors (Lipinski definition) is 5. The first-order valence-electron chi connectivity index (χ1n) is 10.3. The number of ether oxygens (including phenoxy) is 3. The zero-order valence-electron chi connectivity index (χ0n) is 17.2. The van der Waals surface area contributed by atoms with Gasteiger partial charge in [-0.3, -0.25) is 9.59 Å². The second-order valence-electron chi connectivity index (χ2n) is 6.89. The molecule has 1 aliphatic heterocycles. The molecule has 1 heterocycles. The summed E-state index contributed by atoms with van der Waals surface area (Å²) in [4.78, 5) is 25.5. The Kier molecular flexibility index (Phi) is 8.23. The molecule has 7 heteroatoms. The highest BCUT2D eigenvalue weighted by Crippen LogP contribution is 2.22. The van der Waals surface area contributed by atoms with Crippen molar-refractivity contribution in [3.05, 3.63) is 59.7 Å². The van der Waals surface area contributed by atoms with Gasteiger partial charge in [0.15, 0.2) is 0 Å². The Labute approximate surface area is 176 Å². The third kappa shape index (κ3) is 6.05. The minimum atomic E-state index is -0.346. The monoisotopic (exact) mass is 412 g/mol. The predicted octanol–water partition coefficient (Wildman–Crippen LogP) is 3.26. The summed E-state index contributed by atoms with van der Waals surface area (Å²) in [6, 6.07) is 13.9. The Hall–Kier alpha value is -2.90. The highest BCUT2D eigenvalue weighted by atomic mass is 16.5. The number of benzene rings is 2. The smallest absolute Gasteiger partial charge is 0.259 e. The summed E-state index contributed by atoms with van der Waals surface area (Å²) >= 11 is 0. The van der Waals surface area contributed by atoms with Gasteiger partial charge in [0.2, 0.25) is 0 Å². The molecule has 1 atom stereocenters. The molecule has 3 rings (SSSR count). The van der Waals surface area contributed by atoms with Gasteiger partial charge in [-0.1, -0.05) is 24.3 Å². The van der Waals surface area contributed by atoms with E-state index in [9.17, 15) is 9.59 Å². The van der Waals surface area contributed by atoms with Crippen LogP contribution in [0.5, 0.6) is 5.75 Å². The number of hydrogen-bond donors (Lipinski definition) is 2. The lowest BCUT2D eigenvalue weighted by Gasteiger charge is -2.15. The van der Waals surface area contributed by atoms with E-state index in [2.05, 4.69) is 10.6 Å². The molecule has 0 aromatic heterocycles. The van der Waals surface area contributed by atoms with Crippen molar-refractivity contribution in [1.29, 1.82) is 0 Å². The summed E-state index contributed by atoms with van der Waals surface area (Å²) < 4.78 is 16.5. The van der Waals surface area contributed by atoms with Crippen molar-refractivity contribution in [2.45, 2.75) is 25.9 Å². The first-order chi connectivity index (χ1) is 14.7. The summed E-state index contributed by atoms with van der Waals surface area (Å²) in [6.45, 7) is 4.50. The van der Waals surface area contributed by atoms with E-state index in [1.165, 1.54) is 0 Å². The van der Waals surface area contributed by atoms with Gasteiger partial charge in [0.1, 0.15) is 12.4 Å². The number of carbonyl (C=O) groups excluding carboxylic acids is 2. The average Bonchev–Trinajstić information content (AvgIpc) is 3.29. The Morgan fingerprint density at radius 3 is 2.57 bits per heavy atom. The Morgan fingerprint density at radius 1 is 1.03 bits per heavy atom. The van der Waals surface area contributed by atoms with Gasteiger partial charge in [-0.15, -0.1) is 0 Å². The Bertz CT molecular complexity index is 849. The van der Waals surface area contributed by atoms with Crippen LogP contribution in [-0.4, -0.2) is 50.9 Å². The molecule has 1 fully saturated rings. The fourth-order valence-corrected chi connectivity index (χ4v) is 3.22. The van der Waals surface area contributed by atoms with Crippen molar-refractivity contribution in [3.63, 3.8) is 0 Å². The Balaban J connectivity index is 1.66. The van der Waals surface area contributed by atoms with Crippen molar-refractivity contribution in [2.75, 3.05) is 38.3 Å². The van der Waals surface area contributed by atoms with E-state index in [1.54, 1.807) is 48.5 Å². The van der Waals surface area contributed by atoms with E-state index >= 15 is 0 Å². The number of para-hydroxylation sites is 2. The SMILES string of the molecule is CCOCCOc1ccccc1C(=O)Nc1ccccc1C(=O)NCC1CCCO1. The van der Waals surface area contributed by atoms with Gasteiger partial charge in [-0.25, -0.2) is 0 Å². The number of anilines is 1. The molecular formula is C23H28N2O5. The van der Waals surface area contributed by atoms with Gasteiger partial charge in [-0.2, -0.15) is 0 Å². The Morgan fingerprint density at radius 2 is 1.80 bits per heavy atom. The maximum absolute atomic E-state index is 12.9. The summed E-state index contributed by atoms with van der Waals surface area (Å²) in [6.07, 6.45) is 2.01. The zero-order chi connectivity index (χ0) is 21.2. The molecule has 0 saturated carbocycles. The van der Waals surface area contributed by atoms with Crippen molar-refractivity contribution < 1.29 is 23.8 Å². The second kappa shape index (κ2) is 11.3. The highest BCUT2D eigenvalue weighted by Gasteiger charge is 2.19. The summed E-state index contributed by atoms with van der Waals surface area (Å²) in [5, 5.41) is 5.73. The zero-order valence-corrected chi connectivity index (χ0v) is 17.2. The number of carbonyl (C=O) groups is 2. The van der Waals surface area contributed by atoms with Crippen molar-refractivity contribution >= 4 is 17.5 Å². The van der Waals surface area contributed by atoms with Crippen LogP contribution in [0.1, 0.15) is 40.5 Å². The molecule has 1 saturated heterocycles. The van der Waals surface area contributed by atoms with Crippen LogP contribution in [0.4, 0.5) is 5.69 Å². The fourth-order valence-electron chi connectivity index (χ4n) is 3.22. The third-order valence-electron chi connectivity index (χ3n) is 4.76. The van der Waals surface area contributed by atoms with E-state index in [0.29, 0.717) is 48.9 Å². The van der Waals surface area contributed by atoms with Gasteiger partial charge in [-0.05, 0) is 44.0 Å². The molecule has 0 bridgehead atoms. The molecule has 0 radical (unpaired) electrons. The van der Waals surface area contributed by atoms with Crippen molar-refractivity contribution in [1.82, 2.24) is 5.32 Å². The van der Waals surface area contributed by atoms with Crippen LogP contribution in [0.25, 0.3) is 0 Å². The van der Waals surface area contributed by atoms with E-state index in [-0.39, 0.29) is 17.9 Å². The standard InChI is InChI=1S/C23H28N2O5/c1-2-28-14-15-30-21-12-6-4-10-19(21)23(27)25-20-11-5-3-9-18(20)22(26)24-16-17-8-7-13-29-17/h3-6,9-12,17H,2,7-8,13-16H2,1H3,(H,24,26)(H,25,27). The number of rotatable bonds is 10. The van der Waals surface area contributed by atoms with Crippen molar-refractivity contribution in [3.8, 4) is 5.75 Å². The normalized spacial score (nSPS) is 15.6. The van der Waals surface area contributed by atoms with E-state index < -0.39 is 0 Å². The molecule has 1 aliphatic rings. The first-order valence-corrected chi connectivity index (χ1v) is 10.3. The summed E-state index contributed by atoms with van der Waals surface area (Å²) in [5.41, 5.74) is 1.23. The molecule has 2 amide bonds. The quantitative estimate of drug-likeness (QED) is 0.585. The van der Waals surface area contributed by atoms with Crippen LogP contribution in [0.2, 0.25) is 0 Å². The molecule has 2 N–H and O–H groups in total. The third-order valence-corrected chi connectivity index (χ3v) is 4.76. The van der Waals surface area contributed by atoms with Crippen LogP contribution >= 0.6 is 0 Å². The van der Waals surface area contributed by atoms with Crippen LogP contribution in [0.15, 0.2) is 48.5 Å². The minimum absolute atomic E-state index is 0.0522. The lowest BCUT2D eigenvalue weighted by molar-refractivity contribution is 0.0858. The van der Waals surface area contributed by atoms with Crippen LogP contribution < -0.4 is 15.4 Å². The number of amides is 2. The lowest BCUT2D eigenvalue weighted by Crippen LogP contribution is -2.32. The van der Waals surface area contributed by atoms with Gasteiger partial charge < -0.3 is 24.8 Å². The van der Waals surface area contributed by atoms with Crippen molar-refractivity contribution in [2.24, 2.45) is 0 Å². The molecule has 1 unspecified atom stereocenters. The second-order valence-corrected chi connectivity index (χ2v) is 6.89. The van der Waals surface area contributed by atoms with E-state index in [4.69, 9.17) is 14.2 Å². The number of nitrogens with one attached hydrogen (secondary N) is 2. The van der Waals surface area contributed by atoms with Gasteiger partial charge in [0.25, 0.3) is 11.8 Å². The summed E-state index contributed by atoms with van der Waals surface area (Å²) in [7, 11) is 0. The topological polar surface area (TPSA) is 85.9 Å². The largest absolute Gasteiger partial charge is 0.490 e. The molecular weight excluding hydrogens is 384 g/mol. The lowest BCUT2D eigenvalue weighted by atomic mass is 10.1. The fraction of sp³-hybridized carbons (Fsp3) is 0.391.